The van der Waals surface area contributed by atoms with Crippen LogP contribution in [0.5, 0.6) is 0 Å². The van der Waals surface area contributed by atoms with Crippen LogP contribution in [0.25, 0.3) is 0 Å². The molecule has 1 N–H and O–H groups in total. The molecule has 4 rings (SSSR count). The van der Waals surface area contributed by atoms with Crippen molar-refractivity contribution >= 4 is 5.69 Å². The van der Waals surface area contributed by atoms with Gasteiger partial charge in [0, 0.05) is 37.3 Å². The first-order valence-electron chi connectivity index (χ1n) is 6.54. The van der Waals surface area contributed by atoms with Gasteiger partial charge in [-0.25, -0.2) is 0 Å². The predicted molar refractivity (Wildman–Crippen MR) is 65.9 cm³/mol. The highest BCUT2D eigenvalue weighted by Crippen LogP contribution is 2.50. The van der Waals surface area contributed by atoms with Gasteiger partial charge in [0.2, 0.25) is 0 Å². The number of hydrogen-bond donors (Lipinski definition) is 1. The lowest BCUT2D eigenvalue weighted by Gasteiger charge is -2.26. The second kappa shape index (κ2) is 3.24. The molecule has 2 atom stereocenters. The van der Waals surface area contributed by atoms with Crippen LogP contribution >= 0.6 is 0 Å². The van der Waals surface area contributed by atoms with E-state index >= 15 is 0 Å². The van der Waals surface area contributed by atoms with Crippen molar-refractivity contribution in [3.8, 4) is 0 Å². The summed E-state index contributed by atoms with van der Waals surface area (Å²) in [6.07, 6.45) is 4.23. The lowest BCUT2D eigenvalue weighted by atomic mass is 9.96. The zero-order valence-electron chi connectivity index (χ0n) is 9.58. The normalized spacial score (nSPS) is 31.1. The molecule has 3 aliphatic rings. The van der Waals surface area contributed by atoms with E-state index < -0.39 is 0 Å². The SMILES string of the molecule is c1cc2c3c(c1)[C@@H]1CCC[C@@H]1N3CCNC2. The molecule has 0 unspecified atom stereocenters. The molecule has 1 fully saturated rings. The smallest absolute Gasteiger partial charge is 0.0451 e. The molecule has 0 radical (unpaired) electrons. The summed E-state index contributed by atoms with van der Waals surface area (Å²) in [5.41, 5.74) is 4.75. The second-order valence-corrected chi connectivity index (χ2v) is 5.33. The Morgan fingerprint density at radius 2 is 2.25 bits per heavy atom. The Morgan fingerprint density at radius 3 is 3.25 bits per heavy atom. The van der Waals surface area contributed by atoms with Crippen molar-refractivity contribution in [1.82, 2.24) is 5.32 Å². The molecule has 0 spiro atoms. The third kappa shape index (κ3) is 1.06. The fourth-order valence-electron chi connectivity index (χ4n) is 3.95. The van der Waals surface area contributed by atoms with Gasteiger partial charge in [0.15, 0.2) is 0 Å². The van der Waals surface area contributed by atoms with E-state index in [1.54, 1.807) is 11.3 Å². The molecule has 1 aromatic carbocycles. The summed E-state index contributed by atoms with van der Waals surface area (Å²) >= 11 is 0. The fraction of sp³-hybridized carbons (Fsp3) is 0.571. The van der Waals surface area contributed by atoms with Gasteiger partial charge in [0.05, 0.1) is 0 Å². The molecule has 84 valence electrons. The average molecular weight is 214 g/mol. The number of nitrogens with one attached hydrogen (secondary N) is 1. The van der Waals surface area contributed by atoms with Gasteiger partial charge in [0.25, 0.3) is 0 Å². The van der Waals surface area contributed by atoms with Crippen molar-refractivity contribution in [2.75, 3.05) is 18.0 Å². The molecule has 16 heavy (non-hydrogen) atoms. The van der Waals surface area contributed by atoms with Crippen molar-refractivity contribution in [3.63, 3.8) is 0 Å². The van der Waals surface area contributed by atoms with Gasteiger partial charge in [-0.05, 0) is 24.0 Å². The van der Waals surface area contributed by atoms with Gasteiger partial charge in [-0.2, -0.15) is 0 Å². The minimum absolute atomic E-state index is 0.816. The number of hydrogen-bond acceptors (Lipinski definition) is 2. The summed E-state index contributed by atoms with van der Waals surface area (Å²) in [4.78, 5) is 2.70. The molecule has 0 amide bonds. The number of nitrogens with zero attached hydrogens (tertiary/aromatic N) is 1. The van der Waals surface area contributed by atoms with E-state index in [9.17, 15) is 0 Å². The standard InChI is InChI=1S/C14H18N2/c1-3-10-9-15-7-8-16-13-6-2-4-11(13)12(5-1)14(10)16/h1,3,5,11,13,15H,2,4,6-9H2/t11-,13-/m0/s1. The third-order valence-corrected chi connectivity index (χ3v) is 4.56. The summed E-state index contributed by atoms with van der Waals surface area (Å²) in [6, 6.07) is 7.73. The fourth-order valence-corrected chi connectivity index (χ4v) is 3.95. The van der Waals surface area contributed by atoms with E-state index in [-0.39, 0.29) is 0 Å². The van der Waals surface area contributed by atoms with Gasteiger partial charge in [-0.1, -0.05) is 24.6 Å². The number of para-hydroxylation sites is 1. The number of fused-ring (bicyclic) bond motifs is 3. The maximum absolute atomic E-state index is 3.53. The summed E-state index contributed by atoms with van der Waals surface area (Å²) in [6.45, 7) is 3.39. The van der Waals surface area contributed by atoms with Crippen LogP contribution in [0.2, 0.25) is 0 Å². The minimum Gasteiger partial charge on any atom is -0.366 e. The topological polar surface area (TPSA) is 15.3 Å². The largest absolute Gasteiger partial charge is 0.366 e. The van der Waals surface area contributed by atoms with E-state index in [0.717, 1.165) is 25.0 Å². The van der Waals surface area contributed by atoms with E-state index in [0.29, 0.717) is 0 Å². The second-order valence-electron chi connectivity index (χ2n) is 5.33. The zero-order chi connectivity index (χ0) is 10.5. The van der Waals surface area contributed by atoms with E-state index in [1.807, 2.05) is 0 Å². The van der Waals surface area contributed by atoms with Gasteiger partial charge >= 0.3 is 0 Å². The molecule has 2 nitrogen and oxygen atoms in total. The molecule has 1 aliphatic carbocycles. The molecule has 1 saturated carbocycles. The number of rotatable bonds is 0. The molecule has 0 saturated heterocycles. The maximum Gasteiger partial charge on any atom is 0.0451 e. The van der Waals surface area contributed by atoms with E-state index in [1.165, 1.54) is 31.4 Å². The molecular weight excluding hydrogens is 196 g/mol. The van der Waals surface area contributed by atoms with Crippen molar-refractivity contribution in [3.05, 3.63) is 29.3 Å². The summed E-state index contributed by atoms with van der Waals surface area (Å²) in [7, 11) is 0. The lowest BCUT2D eigenvalue weighted by molar-refractivity contribution is 0.578. The molecule has 2 heterocycles. The Bertz CT molecular complexity index is 427. The number of benzene rings is 1. The first kappa shape index (κ1) is 9.06. The Kier molecular flexibility index (Phi) is 1.83. The number of anilines is 1. The van der Waals surface area contributed by atoms with Crippen molar-refractivity contribution < 1.29 is 0 Å². The van der Waals surface area contributed by atoms with Crippen molar-refractivity contribution in [1.29, 1.82) is 0 Å². The predicted octanol–water partition coefficient (Wildman–Crippen LogP) is 2.25. The van der Waals surface area contributed by atoms with Gasteiger partial charge in [-0.15, -0.1) is 0 Å². The highest BCUT2D eigenvalue weighted by atomic mass is 15.2. The Morgan fingerprint density at radius 1 is 1.25 bits per heavy atom. The van der Waals surface area contributed by atoms with Crippen molar-refractivity contribution in [2.24, 2.45) is 0 Å². The van der Waals surface area contributed by atoms with Gasteiger partial charge in [0.1, 0.15) is 0 Å². The average Bonchev–Trinajstić information content (AvgIpc) is 2.80. The van der Waals surface area contributed by atoms with Crippen LogP contribution in [-0.2, 0) is 6.54 Å². The minimum atomic E-state index is 0.816. The van der Waals surface area contributed by atoms with Crippen LogP contribution in [0.1, 0.15) is 36.3 Å². The third-order valence-electron chi connectivity index (χ3n) is 4.56. The monoisotopic (exact) mass is 214 g/mol. The van der Waals surface area contributed by atoms with Crippen LogP contribution in [0.4, 0.5) is 5.69 Å². The Balaban J connectivity index is 1.92. The van der Waals surface area contributed by atoms with Crippen LogP contribution in [0.3, 0.4) is 0 Å². The molecular formula is C14H18N2. The quantitative estimate of drug-likeness (QED) is 0.712. The first-order chi connectivity index (χ1) is 7.95. The molecule has 0 bridgehead atoms. The molecule has 1 aromatic rings. The molecule has 2 heteroatoms. The van der Waals surface area contributed by atoms with Gasteiger partial charge < -0.3 is 10.2 Å². The van der Waals surface area contributed by atoms with Crippen LogP contribution < -0.4 is 10.2 Å². The highest BCUT2D eigenvalue weighted by molar-refractivity contribution is 5.67. The Labute approximate surface area is 96.6 Å². The maximum atomic E-state index is 3.53. The van der Waals surface area contributed by atoms with Gasteiger partial charge in [-0.3, -0.25) is 0 Å². The van der Waals surface area contributed by atoms with Crippen LogP contribution in [0.15, 0.2) is 18.2 Å². The van der Waals surface area contributed by atoms with Crippen molar-refractivity contribution in [2.45, 2.75) is 37.8 Å². The van der Waals surface area contributed by atoms with E-state index in [4.69, 9.17) is 0 Å². The molecule has 2 aliphatic heterocycles. The Hall–Kier alpha value is -1.02. The summed E-state index contributed by atoms with van der Waals surface area (Å²) in [5, 5.41) is 3.53. The molecule has 0 aromatic heterocycles. The van der Waals surface area contributed by atoms with Crippen LogP contribution in [-0.4, -0.2) is 19.1 Å². The van der Waals surface area contributed by atoms with Crippen LogP contribution in [0, 0.1) is 0 Å². The lowest BCUT2D eigenvalue weighted by Crippen LogP contribution is -2.35. The zero-order valence-corrected chi connectivity index (χ0v) is 9.58. The highest BCUT2D eigenvalue weighted by Gasteiger charge is 2.42. The summed E-state index contributed by atoms with van der Waals surface area (Å²) < 4.78 is 0. The van der Waals surface area contributed by atoms with E-state index in [2.05, 4.69) is 28.4 Å². The first-order valence-corrected chi connectivity index (χ1v) is 6.54. The summed E-state index contributed by atoms with van der Waals surface area (Å²) in [5.74, 6) is 0.841.